The first-order valence-electron chi connectivity index (χ1n) is 4.55. The average Bonchev–Trinajstić information content (AvgIpc) is 2.13. The topological polar surface area (TPSA) is 69.4 Å². The second-order valence-electron chi connectivity index (χ2n) is 3.35. The van der Waals surface area contributed by atoms with E-state index in [0.717, 1.165) is 0 Å². The van der Waals surface area contributed by atoms with Crippen LogP contribution in [0.5, 0.6) is 0 Å². The molecule has 0 saturated heterocycles. The number of ether oxygens (including phenoxy) is 1. The summed E-state index contributed by atoms with van der Waals surface area (Å²) < 4.78 is 63.0. The van der Waals surface area contributed by atoms with E-state index in [2.05, 4.69) is 4.74 Å². The highest BCUT2D eigenvalue weighted by Crippen LogP contribution is 2.28. The van der Waals surface area contributed by atoms with Gasteiger partial charge >= 0.3 is 6.18 Å². The van der Waals surface area contributed by atoms with E-state index in [1.165, 1.54) is 18.2 Å². The van der Waals surface area contributed by atoms with Crippen molar-refractivity contribution in [3.05, 3.63) is 23.2 Å². The van der Waals surface area contributed by atoms with Crippen LogP contribution in [0.2, 0.25) is 5.02 Å². The molecule has 0 aliphatic heterocycles. The molecule has 18 heavy (non-hydrogen) atoms. The fraction of sp³-hybridized carbons (Fsp3) is 0.333. The Hall–Kier alpha value is -0.990. The first kappa shape index (κ1) is 15.1. The van der Waals surface area contributed by atoms with E-state index in [1.807, 2.05) is 0 Å². The van der Waals surface area contributed by atoms with Gasteiger partial charge in [-0.3, -0.25) is 0 Å². The summed E-state index contributed by atoms with van der Waals surface area (Å²) in [4.78, 5) is -0.422. The second kappa shape index (κ2) is 5.33. The molecular weight excluding hydrogens is 295 g/mol. The third kappa shape index (κ3) is 4.04. The van der Waals surface area contributed by atoms with Gasteiger partial charge in [0.25, 0.3) is 0 Å². The number of hydrogen-bond donors (Lipinski definition) is 1. The summed E-state index contributed by atoms with van der Waals surface area (Å²) in [7, 11) is -4.12. The summed E-state index contributed by atoms with van der Waals surface area (Å²) >= 11 is 5.65. The van der Waals surface area contributed by atoms with E-state index in [4.69, 9.17) is 17.3 Å². The monoisotopic (exact) mass is 303 g/mol. The van der Waals surface area contributed by atoms with Crippen molar-refractivity contribution in [3.8, 4) is 0 Å². The van der Waals surface area contributed by atoms with Gasteiger partial charge in [0.2, 0.25) is 9.84 Å². The third-order valence-corrected chi connectivity index (χ3v) is 3.79. The lowest BCUT2D eigenvalue weighted by Crippen LogP contribution is -2.21. The maximum Gasteiger partial charge on any atom is 0.411 e. The largest absolute Gasteiger partial charge is 0.411 e. The Labute approximate surface area is 106 Å². The fourth-order valence-corrected chi connectivity index (χ4v) is 2.93. The Balaban J connectivity index is 2.88. The van der Waals surface area contributed by atoms with Crippen molar-refractivity contribution in [2.24, 2.45) is 0 Å². The zero-order valence-electron chi connectivity index (χ0n) is 8.87. The van der Waals surface area contributed by atoms with Crippen LogP contribution in [0, 0.1) is 0 Å². The number of halogens is 4. The maximum atomic E-state index is 11.8. The minimum Gasteiger partial charge on any atom is -0.398 e. The highest BCUT2D eigenvalue weighted by Gasteiger charge is 2.29. The van der Waals surface area contributed by atoms with Crippen LogP contribution in [-0.4, -0.2) is 27.1 Å². The number of nitrogen functional groups attached to an aromatic ring is 1. The zero-order chi connectivity index (χ0) is 14.0. The maximum absolute atomic E-state index is 11.8. The second-order valence-corrected chi connectivity index (χ2v) is 5.64. The number of hydrogen-bond acceptors (Lipinski definition) is 4. The molecule has 0 aromatic heterocycles. The van der Waals surface area contributed by atoms with Crippen molar-refractivity contribution in [3.63, 3.8) is 0 Å². The van der Waals surface area contributed by atoms with Gasteiger partial charge in [0.15, 0.2) is 5.94 Å². The molecule has 0 bridgehead atoms. The highest BCUT2D eigenvalue weighted by molar-refractivity contribution is 7.91. The molecule has 0 saturated carbocycles. The first-order valence-corrected chi connectivity index (χ1v) is 6.58. The van der Waals surface area contributed by atoms with Crippen molar-refractivity contribution < 1.29 is 26.3 Å². The van der Waals surface area contributed by atoms with Gasteiger partial charge in [-0.25, -0.2) is 8.42 Å². The summed E-state index contributed by atoms with van der Waals surface area (Å²) in [6, 6.07) is 3.98. The predicted octanol–water partition coefficient (Wildman–Crippen LogP) is 2.23. The van der Waals surface area contributed by atoms with Gasteiger partial charge in [0.1, 0.15) is 11.5 Å². The predicted molar refractivity (Wildman–Crippen MR) is 59.9 cm³/mol. The van der Waals surface area contributed by atoms with Crippen molar-refractivity contribution >= 4 is 27.1 Å². The van der Waals surface area contributed by atoms with Crippen LogP contribution in [0.3, 0.4) is 0 Å². The number of anilines is 1. The summed E-state index contributed by atoms with van der Waals surface area (Å²) in [5.41, 5.74) is 5.28. The molecule has 102 valence electrons. The van der Waals surface area contributed by atoms with E-state index < -0.39 is 33.5 Å². The van der Waals surface area contributed by atoms with Crippen molar-refractivity contribution in [1.29, 1.82) is 0 Å². The molecule has 0 aliphatic rings. The minimum absolute atomic E-state index is 0.141. The van der Waals surface area contributed by atoms with Crippen LogP contribution in [-0.2, 0) is 14.6 Å². The van der Waals surface area contributed by atoms with Crippen LogP contribution >= 0.6 is 11.6 Å². The number of rotatable bonds is 4. The molecule has 2 N–H and O–H groups in total. The normalized spacial score (nSPS) is 12.7. The molecule has 0 radical (unpaired) electrons. The molecule has 0 spiro atoms. The first-order chi connectivity index (χ1) is 8.13. The lowest BCUT2D eigenvalue weighted by molar-refractivity contribution is -0.169. The van der Waals surface area contributed by atoms with E-state index in [-0.39, 0.29) is 10.7 Å². The molecule has 0 amide bonds. The van der Waals surface area contributed by atoms with Gasteiger partial charge < -0.3 is 10.5 Å². The molecule has 0 heterocycles. The standard InChI is InChI=1S/C9H9ClF3NO3S/c10-6-2-1-3-7(14)8(6)18(15,16)5-17-4-9(11,12)13/h1-3H,4-5,14H2. The molecular formula is C9H9ClF3NO3S. The fourth-order valence-electron chi connectivity index (χ4n) is 1.18. The number of benzene rings is 1. The Morgan fingerprint density at radius 2 is 1.94 bits per heavy atom. The van der Waals surface area contributed by atoms with Gasteiger partial charge in [-0.1, -0.05) is 17.7 Å². The number of sulfone groups is 1. The third-order valence-electron chi connectivity index (χ3n) is 1.81. The molecule has 4 nitrogen and oxygen atoms in total. The van der Waals surface area contributed by atoms with Crippen LogP contribution in [0.25, 0.3) is 0 Å². The number of alkyl halides is 3. The summed E-state index contributed by atoms with van der Waals surface area (Å²) in [6.07, 6.45) is -4.60. The van der Waals surface area contributed by atoms with Crippen molar-refractivity contribution in [1.82, 2.24) is 0 Å². The smallest absolute Gasteiger partial charge is 0.398 e. The summed E-state index contributed by atoms with van der Waals surface area (Å²) in [5, 5.41) is -0.161. The lowest BCUT2D eigenvalue weighted by Gasteiger charge is -2.11. The highest BCUT2D eigenvalue weighted by atomic mass is 35.5. The lowest BCUT2D eigenvalue weighted by atomic mass is 10.3. The Morgan fingerprint density at radius 3 is 2.44 bits per heavy atom. The van der Waals surface area contributed by atoms with E-state index in [0.29, 0.717) is 0 Å². The Kier molecular flexibility index (Phi) is 4.46. The Morgan fingerprint density at radius 1 is 1.33 bits per heavy atom. The quantitative estimate of drug-likeness (QED) is 0.866. The molecule has 0 aliphatic carbocycles. The molecule has 1 aromatic rings. The van der Waals surface area contributed by atoms with Crippen molar-refractivity contribution in [2.75, 3.05) is 18.3 Å². The van der Waals surface area contributed by atoms with Crippen LogP contribution in [0.4, 0.5) is 18.9 Å². The van der Waals surface area contributed by atoms with Crippen LogP contribution < -0.4 is 5.73 Å². The van der Waals surface area contributed by atoms with E-state index >= 15 is 0 Å². The van der Waals surface area contributed by atoms with E-state index in [9.17, 15) is 21.6 Å². The van der Waals surface area contributed by atoms with Crippen LogP contribution in [0.1, 0.15) is 0 Å². The van der Waals surface area contributed by atoms with Crippen LogP contribution in [0.15, 0.2) is 23.1 Å². The number of nitrogens with two attached hydrogens (primary N) is 1. The molecule has 0 fully saturated rings. The molecule has 1 aromatic carbocycles. The average molecular weight is 304 g/mol. The summed E-state index contributed by atoms with van der Waals surface area (Å²) in [6.45, 7) is -1.66. The Bertz CT molecular complexity index is 510. The minimum atomic E-state index is -4.60. The molecule has 0 unspecified atom stereocenters. The van der Waals surface area contributed by atoms with Gasteiger partial charge in [0.05, 0.1) is 10.7 Å². The van der Waals surface area contributed by atoms with Gasteiger partial charge in [-0.2, -0.15) is 13.2 Å². The molecule has 1 rings (SSSR count). The molecule has 0 atom stereocenters. The van der Waals surface area contributed by atoms with Gasteiger partial charge in [-0.05, 0) is 12.1 Å². The van der Waals surface area contributed by atoms with Gasteiger partial charge in [-0.15, -0.1) is 0 Å². The van der Waals surface area contributed by atoms with Gasteiger partial charge in [0, 0.05) is 0 Å². The van der Waals surface area contributed by atoms with E-state index in [1.54, 1.807) is 0 Å². The SMILES string of the molecule is Nc1cccc(Cl)c1S(=O)(=O)COCC(F)(F)F. The summed E-state index contributed by atoms with van der Waals surface area (Å²) in [5.74, 6) is -1.14. The molecule has 9 heteroatoms. The van der Waals surface area contributed by atoms with Crippen molar-refractivity contribution in [2.45, 2.75) is 11.1 Å². The zero-order valence-corrected chi connectivity index (χ0v) is 10.4.